The first-order valence-corrected chi connectivity index (χ1v) is 7.40. The van der Waals surface area contributed by atoms with Crippen LogP contribution in [0.1, 0.15) is 12.8 Å². The predicted molar refractivity (Wildman–Crippen MR) is 67.0 cm³/mol. The Morgan fingerprint density at radius 2 is 1.88 bits per heavy atom. The smallest absolute Gasteiger partial charge is 0.238 e. The molecule has 1 aromatic carbocycles. The van der Waals surface area contributed by atoms with E-state index in [1.165, 1.54) is 12.8 Å². The lowest BCUT2D eigenvalue weighted by Gasteiger charge is -2.19. The van der Waals surface area contributed by atoms with Crippen molar-refractivity contribution in [3.63, 3.8) is 0 Å². The second-order valence-electron chi connectivity index (χ2n) is 3.85. The van der Waals surface area contributed by atoms with Crippen LogP contribution >= 0.6 is 15.9 Å². The van der Waals surface area contributed by atoms with Gasteiger partial charge in [-0.15, -0.1) is 0 Å². The zero-order valence-corrected chi connectivity index (χ0v) is 11.1. The van der Waals surface area contributed by atoms with Gasteiger partial charge in [0.2, 0.25) is 10.0 Å². The molecule has 88 valence electrons. The third-order valence-corrected chi connectivity index (χ3v) is 4.24. The number of benzene rings is 1. The number of anilines is 1. The maximum absolute atomic E-state index is 11.2. The van der Waals surface area contributed by atoms with E-state index in [9.17, 15) is 8.42 Å². The van der Waals surface area contributed by atoms with Crippen LogP contribution in [-0.2, 0) is 10.0 Å². The van der Waals surface area contributed by atoms with Gasteiger partial charge in [0.1, 0.15) is 0 Å². The fourth-order valence-corrected chi connectivity index (χ4v) is 3.20. The van der Waals surface area contributed by atoms with Crippen molar-refractivity contribution in [3.05, 3.63) is 22.7 Å². The van der Waals surface area contributed by atoms with Crippen molar-refractivity contribution >= 4 is 31.6 Å². The molecule has 4 nitrogen and oxygen atoms in total. The van der Waals surface area contributed by atoms with Gasteiger partial charge in [-0.25, -0.2) is 13.6 Å². The number of primary sulfonamides is 1. The summed E-state index contributed by atoms with van der Waals surface area (Å²) in [4.78, 5) is 2.37. The van der Waals surface area contributed by atoms with E-state index in [1.807, 2.05) is 0 Å². The zero-order chi connectivity index (χ0) is 11.8. The van der Waals surface area contributed by atoms with E-state index in [2.05, 4.69) is 20.8 Å². The van der Waals surface area contributed by atoms with Crippen LogP contribution in [0.15, 0.2) is 27.6 Å². The van der Waals surface area contributed by atoms with Gasteiger partial charge in [-0.3, -0.25) is 0 Å². The molecule has 1 heterocycles. The number of nitrogens with zero attached hydrogens (tertiary/aromatic N) is 1. The number of rotatable bonds is 2. The Labute approximate surface area is 104 Å². The van der Waals surface area contributed by atoms with Gasteiger partial charge < -0.3 is 4.90 Å². The van der Waals surface area contributed by atoms with Crippen LogP contribution in [0, 0.1) is 0 Å². The molecule has 6 heteroatoms. The highest BCUT2D eigenvalue weighted by molar-refractivity contribution is 9.10. The van der Waals surface area contributed by atoms with Crippen LogP contribution in [0.3, 0.4) is 0 Å². The second kappa shape index (κ2) is 4.35. The van der Waals surface area contributed by atoms with Crippen LogP contribution in [0.5, 0.6) is 0 Å². The monoisotopic (exact) mass is 304 g/mol. The van der Waals surface area contributed by atoms with Crippen LogP contribution in [-0.4, -0.2) is 21.5 Å². The molecule has 0 aliphatic carbocycles. The first-order valence-electron chi connectivity index (χ1n) is 5.06. The van der Waals surface area contributed by atoms with Gasteiger partial charge in [0, 0.05) is 17.6 Å². The highest BCUT2D eigenvalue weighted by Crippen LogP contribution is 2.30. The number of halogens is 1. The molecule has 2 N–H and O–H groups in total. The quantitative estimate of drug-likeness (QED) is 0.904. The molecule has 0 radical (unpaired) electrons. The molecule has 1 fully saturated rings. The number of nitrogens with two attached hydrogens (primary N) is 1. The largest absolute Gasteiger partial charge is 0.371 e. The Morgan fingerprint density at radius 1 is 1.25 bits per heavy atom. The normalized spacial score (nSPS) is 16.8. The summed E-state index contributed by atoms with van der Waals surface area (Å²) in [7, 11) is -3.61. The summed E-state index contributed by atoms with van der Waals surface area (Å²) < 4.78 is 23.1. The van der Waals surface area contributed by atoms with Crippen molar-refractivity contribution in [1.29, 1.82) is 0 Å². The maximum atomic E-state index is 11.2. The Hall–Kier alpha value is -0.590. The molecule has 0 atom stereocenters. The molecular weight excluding hydrogens is 292 g/mol. The van der Waals surface area contributed by atoms with Crippen molar-refractivity contribution < 1.29 is 8.42 Å². The first kappa shape index (κ1) is 11.9. The molecule has 0 amide bonds. The molecule has 0 unspecified atom stereocenters. The third-order valence-electron chi connectivity index (χ3n) is 2.69. The van der Waals surface area contributed by atoms with Gasteiger partial charge >= 0.3 is 0 Å². The van der Waals surface area contributed by atoms with Crippen molar-refractivity contribution in [2.45, 2.75) is 17.7 Å². The minimum absolute atomic E-state index is 0.141. The Balaban J connectivity index is 2.37. The standard InChI is InChI=1S/C10H13BrN2O2S/c11-9-7-8(16(12,14)15)3-4-10(9)13-5-1-2-6-13/h3-4,7H,1-2,5-6H2,(H2,12,14,15). The van der Waals surface area contributed by atoms with Gasteiger partial charge in [-0.05, 0) is 47.0 Å². The topological polar surface area (TPSA) is 63.4 Å². The average Bonchev–Trinajstić information content (AvgIpc) is 2.69. The molecular formula is C10H13BrN2O2S. The van der Waals surface area contributed by atoms with Crippen molar-refractivity contribution in [2.75, 3.05) is 18.0 Å². The van der Waals surface area contributed by atoms with Gasteiger partial charge in [0.25, 0.3) is 0 Å². The van der Waals surface area contributed by atoms with Crippen molar-refractivity contribution in [3.8, 4) is 0 Å². The minimum Gasteiger partial charge on any atom is -0.371 e. The summed E-state index contributed by atoms with van der Waals surface area (Å²) in [5.41, 5.74) is 1.03. The van der Waals surface area contributed by atoms with E-state index in [1.54, 1.807) is 18.2 Å². The summed E-state index contributed by atoms with van der Waals surface area (Å²) in [6.45, 7) is 2.04. The maximum Gasteiger partial charge on any atom is 0.238 e. The SMILES string of the molecule is NS(=O)(=O)c1ccc(N2CCCC2)c(Br)c1. The zero-order valence-electron chi connectivity index (χ0n) is 8.69. The van der Waals surface area contributed by atoms with E-state index in [4.69, 9.17) is 5.14 Å². The Kier molecular flexibility index (Phi) is 3.23. The predicted octanol–water partition coefficient (Wildman–Crippen LogP) is 1.70. The molecule has 2 rings (SSSR count). The lowest BCUT2D eigenvalue weighted by Crippen LogP contribution is -2.18. The van der Waals surface area contributed by atoms with Crippen molar-refractivity contribution in [1.82, 2.24) is 0 Å². The lowest BCUT2D eigenvalue weighted by molar-refractivity contribution is 0.597. The summed E-state index contributed by atoms with van der Waals surface area (Å²) in [5, 5.41) is 5.07. The van der Waals surface area contributed by atoms with E-state index in [0.717, 1.165) is 23.2 Å². The van der Waals surface area contributed by atoms with E-state index >= 15 is 0 Å². The molecule has 0 aromatic heterocycles. The lowest BCUT2D eigenvalue weighted by atomic mass is 10.3. The molecule has 1 aliphatic rings. The molecule has 0 spiro atoms. The van der Waals surface area contributed by atoms with Crippen LogP contribution < -0.4 is 10.0 Å². The number of hydrogen-bond acceptors (Lipinski definition) is 3. The second-order valence-corrected chi connectivity index (χ2v) is 6.27. The van der Waals surface area contributed by atoms with Crippen LogP contribution in [0.25, 0.3) is 0 Å². The van der Waals surface area contributed by atoms with E-state index < -0.39 is 10.0 Å². The Morgan fingerprint density at radius 3 is 2.38 bits per heavy atom. The fraction of sp³-hybridized carbons (Fsp3) is 0.400. The molecule has 1 saturated heterocycles. The minimum atomic E-state index is -3.61. The molecule has 0 bridgehead atoms. The summed E-state index contributed by atoms with van der Waals surface area (Å²) in [5.74, 6) is 0. The third kappa shape index (κ3) is 2.39. The fourth-order valence-electron chi connectivity index (χ4n) is 1.88. The average molecular weight is 305 g/mol. The van der Waals surface area contributed by atoms with Crippen molar-refractivity contribution in [2.24, 2.45) is 5.14 Å². The number of sulfonamides is 1. The van der Waals surface area contributed by atoms with Crippen LogP contribution in [0.4, 0.5) is 5.69 Å². The summed E-state index contributed by atoms with van der Waals surface area (Å²) in [6.07, 6.45) is 2.37. The Bertz CT molecular complexity index is 496. The highest BCUT2D eigenvalue weighted by atomic mass is 79.9. The van der Waals surface area contributed by atoms with Gasteiger partial charge in [-0.1, -0.05) is 0 Å². The summed E-state index contributed by atoms with van der Waals surface area (Å²) in [6, 6.07) is 4.91. The number of hydrogen-bond donors (Lipinski definition) is 1. The molecule has 1 aliphatic heterocycles. The summed E-state index contributed by atoms with van der Waals surface area (Å²) >= 11 is 3.39. The van der Waals surface area contributed by atoms with Crippen LogP contribution in [0.2, 0.25) is 0 Å². The highest BCUT2D eigenvalue weighted by Gasteiger charge is 2.17. The van der Waals surface area contributed by atoms with Gasteiger partial charge in [-0.2, -0.15) is 0 Å². The van der Waals surface area contributed by atoms with Gasteiger partial charge in [0.05, 0.1) is 10.6 Å². The molecule has 16 heavy (non-hydrogen) atoms. The molecule has 0 saturated carbocycles. The van der Waals surface area contributed by atoms with E-state index in [-0.39, 0.29) is 4.90 Å². The first-order chi connectivity index (χ1) is 7.48. The van der Waals surface area contributed by atoms with E-state index in [0.29, 0.717) is 0 Å². The molecule has 1 aromatic rings. The van der Waals surface area contributed by atoms with Gasteiger partial charge in [0.15, 0.2) is 0 Å².